The summed E-state index contributed by atoms with van der Waals surface area (Å²) in [5, 5.41) is 8.96. The van der Waals surface area contributed by atoms with Crippen LogP contribution in [0.15, 0.2) is 6.20 Å². The molecule has 7 nitrogen and oxygen atoms in total. The van der Waals surface area contributed by atoms with E-state index in [4.69, 9.17) is 14.6 Å². The number of rotatable bonds is 6. The van der Waals surface area contributed by atoms with Crippen molar-refractivity contribution in [3.05, 3.63) is 11.9 Å². The van der Waals surface area contributed by atoms with Crippen LogP contribution in [0.5, 0.6) is 5.88 Å². The summed E-state index contributed by atoms with van der Waals surface area (Å²) in [7, 11) is 1.50. The zero-order chi connectivity index (χ0) is 16.2. The molecule has 1 aliphatic heterocycles. The van der Waals surface area contributed by atoms with Crippen LogP contribution >= 0.6 is 0 Å². The molecule has 0 bridgehead atoms. The first-order chi connectivity index (χ1) is 10.4. The van der Waals surface area contributed by atoms with E-state index in [1.54, 1.807) is 4.90 Å². The van der Waals surface area contributed by atoms with Crippen LogP contribution < -0.4 is 9.64 Å². The molecule has 0 saturated carbocycles. The molecule has 0 radical (unpaired) electrons. The molecule has 1 fully saturated rings. The number of carboxylic acids is 1. The first-order valence-corrected chi connectivity index (χ1v) is 6.78. The van der Waals surface area contributed by atoms with Crippen molar-refractivity contribution in [3.8, 4) is 5.88 Å². The molecule has 122 valence electrons. The van der Waals surface area contributed by atoms with Crippen molar-refractivity contribution in [2.75, 3.05) is 38.3 Å². The minimum absolute atomic E-state index is 0.0159. The number of anilines is 1. The van der Waals surface area contributed by atoms with Crippen LogP contribution in [-0.4, -0.2) is 60.4 Å². The Bertz CT molecular complexity index is 532. The molecule has 1 N–H and O–H groups in total. The number of aromatic carboxylic acids is 1. The van der Waals surface area contributed by atoms with Crippen molar-refractivity contribution in [1.29, 1.82) is 0 Å². The summed E-state index contributed by atoms with van der Waals surface area (Å²) in [6.45, 7) is 0.658. The van der Waals surface area contributed by atoms with Gasteiger partial charge in [-0.15, -0.1) is 0 Å². The second-order valence-corrected chi connectivity index (χ2v) is 4.87. The van der Waals surface area contributed by atoms with E-state index in [2.05, 4.69) is 9.97 Å². The largest absolute Gasteiger partial charge is 0.476 e. The van der Waals surface area contributed by atoms with Crippen molar-refractivity contribution in [2.24, 2.45) is 0 Å². The Morgan fingerprint density at radius 1 is 1.41 bits per heavy atom. The quantitative estimate of drug-likeness (QED) is 0.795. The van der Waals surface area contributed by atoms with Gasteiger partial charge in [0.15, 0.2) is 11.5 Å². The Morgan fingerprint density at radius 3 is 2.68 bits per heavy atom. The van der Waals surface area contributed by atoms with E-state index in [0.29, 0.717) is 0 Å². The van der Waals surface area contributed by atoms with Gasteiger partial charge in [-0.2, -0.15) is 0 Å². The fraction of sp³-hybridized carbons (Fsp3) is 0.615. The van der Waals surface area contributed by atoms with Crippen LogP contribution in [0, 0.1) is 0 Å². The van der Waals surface area contributed by atoms with Crippen LogP contribution in [0.25, 0.3) is 0 Å². The molecule has 0 amide bonds. The molecule has 2 rings (SSSR count). The molecule has 0 aromatic carbocycles. The van der Waals surface area contributed by atoms with Gasteiger partial charge in [-0.05, 0) is 0 Å². The van der Waals surface area contributed by atoms with Gasteiger partial charge < -0.3 is 19.5 Å². The average molecular weight is 317 g/mol. The summed E-state index contributed by atoms with van der Waals surface area (Å²) < 4.78 is 36.7. The third kappa shape index (κ3) is 4.00. The molecular formula is C13H17F2N3O4. The number of aromatic nitrogens is 2. The summed E-state index contributed by atoms with van der Waals surface area (Å²) in [6.07, 6.45) is 0.521. The summed E-state index contributed by atoms with van der Waals surface area (Å²) >= 11 is 0. The molecule has 0 unspecified atom stereocenters. The minimum Gasteiger partial charge on any atom is -0.476 e. The van der Waals surface area contributed by atoms with E-state index in [9.17, 15) is 13.6 Å². The number of hydrogen-bond donors (Lipinski definition) is 1. The van der Waals surface area contributed by atoms with Gasteiger partial charge in [0.05, 0.1) is 12.8 Å². The standard InChI is InChI=1S/C13H17F2N3O4/c1-21-6-7-22-11-10(16-8-9(17-11)12(19)20)18-4-2-13(14,15)3-5-18/h8H,2-7H2,1H3,(H,19,20). The molecule has 1 saturated heterocycles. The van der Waals surface area contributed by atoms with Gasteiger partial charge in [-0.1, -0.05) is 0 Å². The Labute approximate surface area is 125 Å². The second kappa shape index (κ2) is 6.82. The van der Waals surface area contributed by atoms with Gasteiger partial charge in [0.2, 0.25) is 0 Å². The predicted molar refractivity (Wildman–Crippen MR) is 72.8 cm³/mol. The molecule has 1 aliphatic rings. The van der Waals surface area contributed by atoms with Crippen LogP contribution in [0.2, 0.25) is 0 Å². The van der Waals surface area contributed by atoms with E-state index >= 15 is 0 Å². The van der Waals surface area contributed by atoms with E-state index in [1.165, 1.54) is 7.11 Å². The molecule has 2 heterocycles. The molecule has 1 aromatic heterocycles. The predicted octanol–water partition coefficient (Wildman–Crippen LogP) is 1.44. The molecule has 0 atom stereocenters. The zero-order valence-electron chi connectivity index (χ0n) is 12.1. The van der Waals surface area contributed by atoms with Crippen molar-refractivity contribution in [2.45, 2.75) is 18.8 Å². The van der Waals surface area contributed by atoms with Crippen molar-refractivity contribution >= 4 is 11.8 Å². The van der Waals surface area contributed by atoms with Gasteiger partial charge in [-0.25, -0.2) is 23.5 Å². The lowest BCUT2D eigenvalue weighted by Crippen LogP contribution is -2.40. The maximum atomic E-state index is 13.2. The molecule has 22 heavy (non-hydrogen) atoms. The van der Waals surface area contributed by atoms with E-state index in [-0.39, 0.29) is 56.5 Å². The number of nitrogens with zero attached hydrogens (tertiary/aromatic N) is 3. The van der Waals surface area contributed by atoms with Gasteiger partial charge >= 0.3 is 5.97 Å². The summed E-state index contributed by atoms with van der Waals surface area (Å²) in [5.41, 5.74) is -0.265. The fourth-order valence-electron chi connectivity index (χ4n) is 2.05. The molecule has 1 aromatic rings. The number of hydrogen-bond acceptors (Lipinski definition) is 6. The lowest BCUT2D eigenvalue weighted by atomic mass is 10.1. The summed E-state index contributed by atoms with van der Waals surface area (Å²) in [4.78, 5) is 20.5. The van der Waals surface area contributed by atoms with Gasteiger partial charge in [-0.3, -0.25) is 0 Å². The number of piperidine rings is 1. The van der Waals surface area contributed by atoms with Crippen LogP contribution in [0.3, 0.4) is 0 Å². The van der Waals surface area contributed by atoms with Gasteiger partial charge in [0.1, 0.15) is 6.61 Å². The SMILES string of the molecule is COCCOc1nc(C(=O)O)cnc1N1CCC(F)(F)CC1. The average Bonchev–Trinajstić information content (AvgIpc) is 2.47. The second-order valence-electron chi connectivity index (χ2n) is 4.87. The number of carbonyl (C=O) groups is 1. The molecule has 0 aliphatic carbocycles. The van der Waals surface area contributed by atoms with Gasteiger partial charge in [0.25, 0.3) is 11.8 Å². The maximum Gasteiger partial charge on any atom is 0.356 e. The Balaban J connectivity index is 2.19. The number of halogens is 2. The van der Waals surface area contributed by atoms with Crippen LogP contribution in [0.4, 0.5) is 14.6 Å². The Morgan fingerprint density at radius 2 is 2.09 bits per heavy atom. The van der Waals surface area contributed by atoms with Gasteiger partial charge in [0, 0.05) is 33.0 Å². The fourth-order valence-corrected chi connectivity index (χ4v) is 2.05. The lowest BCUT2D eigenvalue weighted by Gasteiger charge is -2.32. The maximum absolute atomic E-state index is 13.2. The normalized spacial score (nSPS) is 17.3. The van der Waals surface area contributed by atoms with Crippen LogP contribution in [-0.2, 0) is 4.74 Å². The third-order valence-corrected chi connectivity index (χ3v) is 3.26. The minimum atomic E-state index is -2.68. The van der Waals surface area contributed by atoms with E-state index in [1.807, 2.05) is 0 Å². The first-order valence-electron chi connectivity index (χ1n) is 6.78. The number of alkyl halides is 2. The van der Waals surface area contributed by atoms with Crippen molar-refractivity contribution in [1.82, 2.24) is 9.97 Å². The van der Waals surface area contributed by atoms with E-state index < -0.39 is 11.9 Å². The smallest absolute Gasteiger partial charge is 0.356 e. The lowest BCUT2D eigenvalue weighted by molar-refractivity contribution is -0.0222. The number of methoxy groups -OCH3 is 1. The highest BCUT2D eigenvalue weighted by Gasteiger charge is 2.35. The summed E-state index contributed by atoms with van der Waals surface area (Å²) in [6, 6.07) is 0. The first kappa shape index (κ1) is 16.3. The van der Waals surface area contributed by atoms with Crippen LogP contribution in [0.1, 0.15) is 23.3 Å². The van der Waals surface area contributed by atoms with Crippen molar-refractivity contribution in [3.63, 3.8) is 0 Å². The monoisotopic (exact) mass is 317 g/mol. The zero-order valence-corrected chi connectivity index (χ0v) is 12.1. The molecule has 0 spiro atoms. The molecule has 9 heteroatoms. The Hall–Kier alpha value is -2.03. The number of ether oxygens (including phenoxy) is 2. The third-order valence-electron chi connectivity index (χ3n) is 3.26. The van der Waals surface area contributed by atoms with Crippen molar-refractivity contribution < 1.29 is 28.2 Å². The topological polar surface area (TPSA) is 84.8 Å². The highest BCUT2D eigenvalue weighted by atomic mass is 19.3. The molecular weight excluding hydrogens is 300 g/mol. The van der Waals surface area contributed by atoms with E-state index in [0.717, 1.165) is 6.20 Å². The highest BCUT2D eigenvalue weighted by molar-refractivity contribution is 5.85. The highest BCUT2D eigenvalue weighted by Crippen LogP contribution is 2.32. The number of carboxylic acid groups (broad SMARTS) is 1. The summed E-state index contributed by atoms with van der Waals surface area (Å²) in [5.74, 6) is -3.62. The Kier molecular flexibility index (Phi) is 5.07.